The highest BCUT2D eigenvalue weighted by atomic mass is 127. The first-order valence-corrected chi connectivity index (χ1v) is 13.8. The molecule has 0 aliphatic rings. The van der Waals surface area contributed by atoms with Crippen LogP contribution in [0.1, 0.15) is 16.7 Å². The Balaban J connectivity index is 1.42. The molecule has 6 nitrogen and oxygen atoms in total. The molecule has 0 atom stereocenters. The summed E-state index contributed by atoms with van der Waals surface area (Å²) in [5.41, 5.74) is 2.86. The second-order valence-electron chi connectivity index (χ2n) is 8.48. The molecule has 0 fully saturated rings. The van der Waals surface area contributed by atoms with Crippen molar-refractivity contribution in [2.45, 2.75) is 13.2 Å². The van der Waals surface area contributed by atoms with Gasteiger partial charge >= 0.3 is 0 Å². The van der Waals surface area contributed by atoms with Crippen LogP contribution in [0.25, 0.3) is 6.08 Å². The first kappa shape index (κ1) is 29.3. The third-order valence-corrected chi connectivity index (χ3v) is 7.07. The number of anilines is 1. The molecule has 0 spiro atoms. The van der Waals surface area contributed by atoms with Gasteiger partial charge in [-0.15, -0.1) is 0 Å². The number of hydrogen-bond donors (Lipinski definition) is 1. The lowest BCUT2D eigenvalue weighted by Crippen LogP contribution is -2.13. The molecule has 0 saturated carbocycles. The third kappa shape index (κ3) is 7.92. The van der Waals surface area contributed by atoms with Crippen LogP contribution in [0.15, 0.2) is 90.5 Å². The highest BCUT2D eigenvalue weighted by Crippen LogP contribution is 2.35. The summed E-state index contributed by atoms with van der Waals surface area (Å²) in [5, 5.41) is 13.7. The van der Waals surface area contributed by atoms with Crippen molar-refractivity contribution in [3.63, 3.8) is 0 Å². The summed E-state index contributed by atoms with van der Waals surface area (Å²) in [7, 11) is 1.53. The van der Waals surface area contributed by atoms with Gasteiger partial charge < -0.3 is 19.5 Å². The number of carbonyl (C=O) groups excluding carboxylic acids is 1. The highest BCUT2D eigenvalue weighted by Gasteiger charge is 2.15. The Kier molecular flexibility index (Phi) is 10.3. The van der Waals surface area contributed by atoms with E-state index in [4.69, 9.17) is 37.4 Å². The Morgan fingerprint density at radius 1 is 0.975 bits per heavy atom. The van der Waals surface area contributed by atoms with E-state index < -0.39 is 5.91 Å². The summed E-state index contributed by atoms with van der Waals surface area (Å²) in [5.74, 6) is 1.11. The molecule has 0 heterocycles. The predicted molar refractivity (Wildman–Crippen MR) is 166 cm³/mol. The van der Waals surface area contributed by atoms with Crippen molar-refractivity contribution in [3.8, 4) is 23.3 Å². The predicted octanol–water partition coefficient (Wildman–Crippen LogP) is 8.31. The summed E-state index contributed by atoms with van der Waals surface area (Å²) < 4.78 is 18.1. The van der Waals surface area contributed by atoms with Crippen molar-refractivity contribution in [2.24, 2.45) is 0 Å². The lowest BCUT2D eigenvalue weighted by atomic mass is 10.1. The zero-order valence-electron chi connectivity index (χ0n) is 21.3. The van der Waals surface area contributed by atoms with Crippen LogP contribution in [-0.4, -0.2) is 13.0 Å². The van der Waals surface area contributed by atoms with Gasteiger partial charge in [-0.3, -0.25) is 4.79 Å². The second kappa shape index (κ2) is 14.1. The van der Waals surface area contributed by atoms with E-state index in [0.29, 0.717) is 51.8 Å². The quantitative estimate of drug-likeness (QED) is 0.103. The monoisotopic (exact) mass is 684 g/mol. The van der Waals surface area contributed by atoms with Gasteiger partial charge in [0.2, 0.25) is 0 Å². The van der Waals surface area contributed by atoms with Gasteiger partial charge in [-0.05, 0) is 94.4 Å². The maximum absolute atomic E-state index is 12.9. The van der Waals surface area contributed by atoms with E-state index in [-0.39, 0.29) is 5.57 Å². The minimum atomic E-state index is -0.539. The number of methoxy groups -OCH3 is 1. The van der Waals surface area contributed by atoms with Crippen LogP contribution in [0.3, 0.4) is 0 Å². The Morgan fingerprint density at radius 2 is 1.75 bits per heavy atom. The van der Waals surface area contributed by atoms with Crippen LogP contribution in [-0.2, 0) is 18.0 Å². The Bertz CT molecular complexity index is 1580. The van der Waals surface area contributed by atoms with Gasteiger partial charge in [0.15, 0.2) is 11.5 Å². The summed E-state index contributed by atoms with van der Waals surface area (Å²) in [6, 6.07) is 27.2. The van der Waals surface area contributed by atoms with Gasteiger partial charge in [0.05, 0.1) is 10.7 Å². The van der Waals surface area contributed by atoms with Crippen molar-refractivity contribution in [1.29, 1.82) is 5.26 Å². The number of amides is 1. The molecule has 0 aromatic heterocycles. The van der Waals surface area contributed by atoms with Gasteiger partial charge in [-0.2, -0.15) is 5.26 Å². The van der Waals surface area contributed by atoms with E-state index in [1.165, 1.54) is 13.2 Å². The summed E-state index contributed by atoms with van der Waals surface area (Å²) in [6.45, 7) is 0.622. The summed E-state index contributed by atoms with van der Waals surface area (Å²) in [6.07, 6.45) is 1.50. The maximum Gasteiger partial charge on any atom is 0.266 e. The molecule has 40 heavy (non-hydrogen) atoms. The number of nitrogens with zero attached hydrogens (tertiary/aromatic N) is 1. The first-order chi connectivity index (χ1) is 19.4. The molecular weight excluding hydrogens is 662 g/mol. The van der Waals surface area contributed by atoms with Gasteiger partial charge in [0.1, 0.15) is 30.6 Å². The van der Waals surface area contributed by atoms with Crippen LogP contribution in [0, 0.1) is 14.9 Å². The Hall–Kier alpha value is -3.71. The normalized spacial score (nSPS) is 10.9. The lowest BCUT2D eigenvalue weighted by molar-refractivity contribution is -0.112. The van der Waals surface area contributed by atoms with E-state index in [1.807, 2.05) is 48.5 Å². The molecule has 0 radical (unpaired) electrons. The Labute approximate surface area is 256 Å². The SMILES string of the molecule is COc1cc(/C=C(\C#N)C(=O)Nc2ccc(OCc3ccccc3Cl)cc2)cc(I)c1OCc1cccc(Cl)c1. The number of nitrogens with one attached hydrogen (secondary N) is 1. The highest BCUT2D eigenvalue weighted by molar-refractivity contribution is 14.1. The van der Waals surface area contributed by atoms with Crippen molar-refractivity contribution in [3.05, 3.63) is 121 Å². The fraction of sp³-hybridized carbons (Fsp3) is 0.0968. The Morgan fingerprint density at radius 3 is 2.45 bits per heavy atom. The fourth-order valence-electron chi connectivity index (χ4n) is 3.67. The number of carbonyl (C=O) groups is 1. The number of nitriles is 1. The fourth-order valence-corrected chi connectivity index (χ4v) is 4.85. The molecule has 1 N–H and O–H groups in total. The average molecular weight is 685 g/mol. The van der Waals surface area contributed by atoms with Crippen LogP contribution in [0.2, 0.25) is 10.0 Å². The van der Waals surface area contributed by atoms with Gasteiger partial charge in [0, 0.05) is 21.3 Å². The van der Waals surface area contributed by atoms with Gasteiger partial charge in [-0.1, -0.05) is 53.5 Å². The maximum atomic E-state index is 12.9. The van der Waals surface area contributed by atoms with E-state index in [1.54, 1.807) is 42.5 Å². The summed E-state index contributed by atoms with van der Waals surface area (Å²) >= 11 is 14.4. The molecule has 0 saturated heterocycles. The molecule has 0 aliphatic carbocycles. The average Bonchev–Trinajstić information content (AvgIpc) is 2.95. The smallest absolute Gasteiger partial charge is 0.266 e. The summed E-state index contributed by atoms with van der Waals surface area (Å²) in [4.78, 5) is 12.9. The molecule has 202 valence electrons. The first-order valence-electron chi connectivity index (χ1n) is 12.0. The third-order valence-electron chi connectivity index (χ3n) is 5.66. The molecule has 0 bridgehead atoms. The van der Waals surface area contributed by atoms with E-state index >= 15 is 0 Å². The van der Waals surface area contributed by atoms with Gasteiger partial charge in [-0.25, -0.2) is 0 Å². The molecule has 4 aromatic rings. The van der Waals surface area contributed by atoms with Crippen molar-refractivity contribution in [2.75, 3.05) is 12.4 Å². The van der Waals surface area contributed by atoms with E-state index in [2.05, 4.69) is 27.9 Å². The second-order valence-corrected chi connectivity index (χ2v) is 10.5. The van der Waals surface area contributed by atoms with Gasteiger partial charge in [0.25, 0.3) is 5.91 Å². The van der Waals surface area contributed by atoms with E-state index in [0.717, 1.165) is 14.7 Å². The van der Waals surface area contributed by atoms with Crippen molar-refractivity contribution in [1.82, 2.24) is 0 Å². The number of ether oxygens (including phenoxy) is 3. The van der Waals surface area contributed by atoms with Crippen LogP contribution in [0.5, 0.6) is 17.2 Å². The minimum Gasteiger partial charge on any atom is -0.493 e. The molecule has 4 aromatic carbocycles. The topological polar surface area (TPSA) is 80.6 Å². The minimum absolute atomic E-state index is 0.0653. The lowest BCUT2D eigenvalue weighted by Gasteiger charge is -2.14. The molecule has 1 amide bonds. The van der Waals surface area contributed by atoms with Crippen LogP contribution < -0.4 is 19.5 Å². The van der Waals surface area contributed by atoms with Crippen LogP contribution >= 0.6 is 45.8 Å². The van der Waals surface area contributed by atoms with Crippen LogP contribution in [0.4, 0.5) is 5.69 Å². The number of halogens is 3. The number of benzene rings is 4. The standard InChI is InChI=1S/C31H23Cl2IN2O4/c1-38-29-16-21(15-28(34)30(29)40-18-20-5-4-7-24(32)14-20)13-23(17-35)31(37)36-25-9-11-26(12-10-25)39-19-22-6-2-3-8-27(22)33/h2-16H,18-19H2,1H3,(H,36,37)/b23-13+. The molecular formula is C31H23Cl2IN2O4. The molecule has 0 unspecified atom stereocenters. The van der Waals surface area contributed by atoms with Crippen molar-refractivity contribution >= 4 is 63.5 Å². The molecule has 4 rings (SSSR count). The number of rotatable bonds is 10. The zero-order valence-corrected chi connectivity index (χ0v) is 25.0. The molecule has 9 heteroatoms. The zero-order chi connectivity index (χ0) is 28.5. The van der Waals surface area contributed by atoms with E-state index in [9.17, 15) is 10.1 Å². The largest absolute Gasteiger partial charge is 0.493 e. The van der Waals surface area contributed by atoms with Crippen molar-refractivity contribution < 1.29 is 19.0 Å². The number of hydrogen-bond acceptors (Lipinski definition) is 5. The molecule has 0 aliphatic heterocycles.